The van der Waals surface area contributed by atoms with Crippen LogP contribution in [0.2, 0.25) is 0 Å². The van der Waals surface area contributed by atoms with Gasteiger partial charge in [-0.2, -0.15) is 4.31 Å². The van der Waals surface area contributed by atoms with E-state index in [9.17, 15) is 23.3 Å². The van der Waals surface area contributed by atoms with E-state index >= 15 is 0 Å². The molecular weight excluding hydrogens is 394 g/mol. The monoisotopic (exact) mass is 415 g/mol. The first-order valence-electron chi connectivity index (χ1n) is 9.57. The zero-order valence-electron chi connectivity index (χ0n) is 15.8. The molecule has 1 amide bonds. The second-order valence-corrected chi connectivity index (χ2v) is 9.20. The average molecular weight is 415 g/mol. The fraction of sp³-hybridized carbons (Fsp3) is 0.350. The number of sulfonamides is 1. The highest BCUT2D eigenvalue weighted by atomic mass is 32.2. The maximum Gasteiger partial charge on any atom is 0.269 e. The number of rotatable bonds is 4. The van der Waals surface area contributed by atoms with Crippen LogP contribution in [0.3, 0.4) is 0 Å². The van der Waals surface area contributed by atoms with E-state index in [2.05, 4.69) is 0 Å². The first-order valence-corrected chi connectivity index (χ1v) is 11.0. The molecule has 0 aliphatic carbocycles. The van der Waals surface area contributed by atoms with Gasteiger partial charge in [0.1, 0.15) is 0 Å². The molecule has 9 heteroatoms. The fourth-order valence-corrected chi connectivity index (χ4v) is 5.47. The van der Waals surface area contributed by atoms with Gasteiger partial charge < -0.3 is 4.90 Å². The van der Waals surface area contributed by atoms with Crippen LogP contribution >= 0.6 is 0 Å². The Labute approximate surface area is 168 Å². The minimum atomic E-state index is -3.51. The molecule has 29 heavy (non-hydrogen) atoms. The van der Waals surface area contributed by atoms with Crippen molar-refractivity contribution in [3.8, 4) is 0 Å². The van der Waals surface area contributed by atoms with Crippen LogP contribution in [0.4, 0.5) is 11.4 Å². The summed E-state index contributed by atoms with van der Waals surface area (Å²) < 4.78 is 27.2. The highest BCUT2D eigenvalue weighted by Crippen LogP contribution is 2.32. The number of nitro benzene ring substituents is 1. The van der Waals surface area contributed by atoms with Crippen LogP contribution in [0.5, 0.6) is 0 Å². The van der Waals surface area contributed by atoms with Crippen molar-refractivity contribution < 1.29 is 18.1 Å². The molecule has 2 heterocycles. The molecule has 0 spiro atoms. The summed E-state index contributed by atoms with van der Waals surface area (Å²) in [4.78, 5) is 25.2. The molecule has 152 valence electrons. The molecule has 0 aromatic heterocycles. The lowest BCUT2D eigenvalue weighted by molar-refractivity contribution is -0.384. The third kappa shape index (κ3) is 3.63. The summed E-state index contributed by atoms with van der Waals surface area (Å²) in [7, 11) is -3.51. The van der Waals surface area contributed by atoms with Gasteiger partial charge in [-0.25, -0.2) is 8.42 Å². The van der Waals surface area contributed by atoms with Crippen molar-refractivity contribution in [3.63, 3.8) is 0 Å². The van der Waals surface area contributed by atoms with Gasteiger partial charge in [0, 0.05) is 43.0 Å². The van der Waals surface area contributed by atoms with Crippen LogP contribution in [0.25, 0.3) is 0 Å². The lowest BCUT2D eigenvalue weighted by Crippen LogP contribution is -2.35. The van der Waals surface area contributed by atoms with Crippen LogP contribution < -0.4 is 4.90 Å². The van der Waals surface area contributed by atoms with Crippen LogP contribution in [0.15, 0.2) is 47.4 Å². The second-order valence-electron chi connectivity index (χ2n) is 7.27. The number of anilines is 1. The largest absolute Gasteiger partial charge is 0.308 e. The van der Waals surface area contributed by atoms with Crippen molar-refractivity contribution in [1.82, 2.24) is 4.31 Å². The molecule has 1 saturated heterocycles. The molecule has 2 aliphatic heterocycles. The molecule has 1 fully saturated rings. The molecule has 2 aromatic rings. The molecule has 2 aromatic carbocycles. The summed E-state index contributed by atoms with van der Waals surface area (Å²) >= 11 is 0. The van der Waals surface area contributed by atoms with Gasteiger partial charge in [0.05, 0.1) is 9.82 Å². The number of aryl methyl sites for hydroxylation is 1. The number of benzene rings is 2. The summed E-state index contributed by atoms with van der Waals surface area (Å²) in [5.41, 5.74) is 1.81. The molecule has 8 nitrogen and oxygen atoms in total. The Morgan fingerprint density at radius 2 is 1.66 bits per heavy atom. The summed E-state index contributed by atoms with van der Waals surface area (Å²) in [6.45, 7) is 1.61. The summed E-state index contributed by atoms with van der Waals surface area (Å²) in [6.07, 6.45) is 3.17. The Balaban J connectivity index is 1.63. The number of nitrogens with zero attached hydrogens (tertiary/aromatic N) is 3. The number of hydrogen-bond donors (Lipinski definition) is 0. The Morgan fingerprint density at radius 1 is 0.966 bits per heavy atom. The number of fused-ring (bicyclic) bond motifs is 1. The van der Waals surface area contributed by atoms with Gasteiger partial charge in [0.15, 0.2) is 0 Å². The molecule has 2 aliphatic rings. The molecule has 0 radical (unpaired) electrons. The van der Waals surface area contributed by atoms with Crippen molar-refractivity contribution in [1.29, 1.82) is 0 Å². The predicted octanol–water partition coefficient (Wildman–Crippen LogP) is 2.97. The molecule has 4 rings (SSSR count). The fourth-order valence-electron chi connectivity index (χ4n) is 3.90. The van der Waals surface area contributed by atoms with E-state index in [1.807, 2.05) is 0 Å². The zero-order chi connectivity index (χ0) is 20.6. The second kappa shape index (κ2) is 7.57. The van der Waals surface area contributed by atoms with Crippen molar-refractivity contribution in [2.75, 3.05) is 24.5 Å². The van der Waals surface area contributed by atoms with E-state index in [4.69, 9.17) is 0 Å². The average Bonchev–Trinajstić information content (AvgIpc) is 3.28. The molecular formula is C20H21N3O5S. The van der Waals surface area contributed by atoms with E-state index in [0.29, 0.717) is 37.3 Å². The van der Waals surface area contributed by atoms with Gasteiger partial charge in [-0.15, -0.1) is 0 Å². The smallest absolute Gasteiger partial charge is 0.269 e. The van der Waals surface area contributed by atoms with E-state index in [-0.39, 0.29) is 16.5 Å². The van der Waals surface area contributed by atoms with E-state index < -0.39 is 14.9 Å². The molecule has 0 unspecified atom stereocenters. The number of hydrogen-bond acceptors (Lipinski definition) is 5. The van der Waals surface area contributed by atoms with Crippen LogP contribution in [-0.4, -0.2) is 43.2 Å². The van der Waals surface area contributed by atoms with Gasteiger partial charge in [-0.3, -0.25) is 14.9 Å². The van der Waals surface area contributed by atoms with Crippen molar-refractivity contribution >= 4 is 27.3 Å². The molecule has 0 saturated carbocycles. The summed E-state index contributed by atoms with van der Waals surface area (Å²) in [6, 6.07) is 10.4. The number of carbonyl (C=O) groups excluding carboxylic acids is 1. The lowest BCUT2D eigenvalue weighted by atomic mass is 10.0. The Hall–Kier alpha value is -2.78. The maximum atomic E-state index is 13.0. The highest BCUT2D eigenvalue weighted by molar-refractivity contribution is 7.89. The SMILES string of the molecule is O=C(c1ccc([N+](=O)[O-])cc1)N1CCCc2cc(S(=O)(=O)N3CCCC3)ccc21. The van der Waals surface area contributed by atoms with Crippen LogP contribution in [0.1, 0.15) is 35.2 Å². The maximum absolute atomic E-state index is 13.0. The van der Waals surface area contributed by atoms with E-state index in [1.54, 1.807) is 23.1 Å². The van der Waals surface area contributed by atoms with E-state index in [0.717, 1.165) is 24.8 Å². The Kier molecular flexibility index (Phi) is 5.10. The van der Waals surface area contributed by atoms with Crippen molar-refractivity contribution in [2.45, 2.75) is 30.6 Å². The van der Waals surface area contributed by atoms with Gasteiger partial charge in [-0.05, 0) is 61.6 Å². The Bertz CT molecular complexity index is 1060. The van der Waals surface area contributed by atoms with Gasteiger partial charge in [0.2, 0.25) is 10.0 Å². The standard InChI is InChI=1S/C20H21N3O5S/c24-20(15-5-7-17(8-6-15)23(25)26)22-13-3-4-16-14-18(9-10-19(16)22)29(27,28)21-11-1-2-12-21/h5-10,14H,1-4,11-13H2. The van der Waals surface area contributed by atoms with Crippen LogP contribution in [-0.2, 0) is 16.4 Å². The number of nitro groups is 1. The third-order valence-corrected chi connectivity index (χ3v) is 7.34. The highest BCUT2D eigenvalue weighted by Gasteiger charge is 2.30. The Morgan fingerprint density at radius 3 is 2.31 bits per heavy atom. The normalized spacial score (nSPS) is 17.2. The van der Waals surface area contributed by atoms with Crippen LogP contribution in [0, 0.1) is 10.1 Å². The van der Waals surface area contributed by atoms with Gasteiger partial charge in [-0.1, -0.05) is 0 Å². The topological polar surface area (TPSA) is 101 Å². The summed E-state index contributed by atoms with van der Waals surface area (Å²) in [5.74, 6) is -0.254. The predicted molar refractivity (Wildman–Crippen MR) is 108 cm³/mol. The van der Waals surface area contributed by atoms with Crippen molar-refractivity contribution in [2.24, 2.45) is 0 Å². The summed E-state index contributed by atoms with van der Waals surface area (Å²) in [5, 5.41) is 10.8. The minimum Gasteiger partial charge on any atom is -0.308 e. The first-order chi connectivity index (χ1) is 13.9. The van der Waals surface area contributed by atoms with E-state index in [1.165, 1.54) is 28.6 Å². The molecule has 0 bridgehead atoms. The number of carbonyl (C=O) groups is 1. The molecule has 0 N–H and O–H groups in total. The van der Waals surface area contributed by atoms with Gasteiger partial charge >= 0.3 is 0 Å². The van der Waals surface area contributed by atoms with Gasteiger partial charge in [0.25, 0.3) is 11.6 Å². The first kappa shape index (κ1) is 19.5. The lowest BCUT2D eigenvalue weighted by Gasteiger charge is -2.30. The zero-order valence-corrected chi connectivity index (χ0v) is 16.6. The number of amides is 1. The van der Waals surface area contributed by atoms with Crippen molar-refractivity contribution in [3.05, 3.63) is 63.7 Å². The molecule has 0 atom stereocenters. The quantitative estimate of drug-likeness (QED) is 0.564. The minimum absolute atomic E-state index is 0.0719. The third-order valence-electron chi connectivity index (χ3n) is 5.44. The number of non-ortho nitro benzene ring substituents is 1.